The molecule has 0 bridgehead atoms. The van der Waals surface area contributed by atoms with E-state index in [0.29, 0.717) is 12.5 Å². The molecule has 6 aliphatic rings. The Hall–Kier alpha value is -0.890. The third-order valence-electron chi connectivity index (χ3n) is 15.1. The van der Waals surface area contributed by atoms with Crippen LogP contribution in [0.4, 0.5) is 0 Å². The molecule has 55 heavy (non-hydrogen) atoms. The van der Waals surface area contributed by atoms with Crippen LogP contribution < -0.4 is 0 Å². The molecular formula is C44H76O11. The van der Waals surface area contributed by atoms with Gasteiger partial charge in [0.2, 0.25) is 0 Å². The van der Waals surface area contributed by atoms with E-state index in [9.17, 15) is 15.0 Å². The lowest BCUT2D eigenvalue weighted by Crippen LogP contribution is -2.58. The Morgan fingerprint density at radius 2 is 1.56 bits per heavy atom. The average Bonchev–Trinajstić information content (AvgIpc) is 3.81. The van der Waals surface area contributed by atoms with Gasteiger partial charge in [0.05, 0.1) is 79.2 Å². The molecule has 19 atom stereocenters. The molecule has 0 aromatic carbocycles. The van der Waals surface area contributed by atoms with Gasteiger partial charge in [-0.2, -0.15) is 0 Å². The summed E-state index contributed by atoms with van der Waals surface area (Å²) in [7, 11) is 1.80. The molecular weight excluding hydrogens is 704 g/mol. The minimum absolute atomic E-state index is 0.0140. The molecule has 0 aliphatic carbocycles. The Morgan fingerprint density at radius 1 is 0.836 bits per heavy atom. The van der Waals surface area contributed by atoms with Crippen molar-refractivity contribution in [2.24, 2.45) is 47.3 Å². The summed E-state index contributed by atoms with van der Waals surface area (Å²) in [6.07, 6.45) is 6.87. The number of hydrogen-bond acceptors (Lipinski definition) is 11. The number of hydrogen-bond donors (Lipinski definition) is 2. The zero-order valence-electron chi connectivity index (χ0n) is 36.1. The number of ether oxygens (including phenoxy) is 8. The second-order valence-corrected chi connectivity index (χ2v) is 20.0. The number of carbonyl (C=O) groups is 1. The van der Waals surface area contributed by atoms with Crippen molar-refractivity contribution in [2.75, 3.05) is 20.3 Å². The molecule has 0 saturated carbocycles. The summed E-state index contributed by atoms with van der Waals surface area (Å²) in [5.41, 5.74) is -1.07. The minimum atomic E-state index is -1.55. The average molecular weight is 781 g/mol. The van der Waals surface area contributed by atoms with Crippen LogP contribution in [0.15, 0.2) is 0 Å². The lowest BCUT2D eigenvalue weighted by Gasteiger charge is -2.50. The van der Waals surface area contributed by atoms with Crippen LogP contribution in [0.5, 0.6) is 0 Å². The number of rotatable bonds is 11. The van der Waals surface area contributed by atoms with Crippen LogP contribution in [0.1, 0.15) is 134 Å². The van der Waals surface area contributed by atoms with Crippen molar-refractivity contribution in [2.45, 2.75) is 206 Å². The molecule has 0 amide bonds. The fraction of sp³-hybridized carbons (Fsp3) is 0.977. The SMILES string of the molecule is CO[C@@H]1C[C@@H](C[C@H]2CC[C@H](C)[C@H]([C@@H](C)COC(=O)C(C)C)O2)OC2(O[C@](C)([C@H]3CC[C@@](C)([C@@H]4O[C@@H]([C@H]5O[C@@](O)(CO)[C@H](C)C[C@@H]5C)C[C@@H]4C)O3)C[C@H]2C)[C@@H]1C. The number of carbonyl (C=O) groups excluding carboxylic acids is 1. The first-order valence-electron chi connectivity index (χ1n) is 21.8. The Morgan fingerprint density at radius 3 is 2.24 bits per heavy atom. The smallest absolute Gasteiger partial charge is 0.308 e. The van der Waals surface area contributed by atoms with Gasteiger partial charge in [0.1, 0.15) is 0 Å². The molecule has 0 radical (unpaired) electrons. The zero-order chi connectivity index (χ0) is 40.2. The van der Waals surface area contributed by atoms with Crippen LogP contribution in [0.2, 0.25) is 0 Å². The molecule has 6 aliphatic heterocycles. The summed E-state index contributed by atoms with van der Waals surface area (Å²) in [4.78, 5) is 12.2. The second-order valence-electron chi connectivity index (χ2n) is 20.0. The summed E-state index contributed by atoms with van der Waals surface area (Å²) in [5.74, 6) is -1.78. The lowest BCUT2D eigenvalue weighted by atomic mass is 9.78. The second kappa shape index (κ2) is 16.6. The first kappa shape index (κ1) is 43.7. The van der Waals surface area contributed by atoms with Gasteiger partial charge in [-0.3, -0.25) is 4.79 Å². The van der Waals surface area contributed by atoms with E-state index in [1.165, 1.54) is 0 Å². The molecule has 2 N–H and O–H groups in total. The normalized spacial score (nSPS) is 51.2. The number of aliphatic hydroxyl groups excluding tert-OH is 1. The van der Waals surface area contributed by atoms with Gasteiger partial charge >= 0.3 is 5.97 Å². The van der Waals surface area contributed by atoms with E-state index >= 15 is 0 Å². The molecule has 6 heterocycles. The van der Waals surface area contributed by atoms with Crippen molar-refractivity contribution in [3.8, 4) is 0 Å². The molecule has 1 spiro atoms. The molecule has 11 heteroatoms. The van der Waals surface area contributed by atoms with Crippen molar-refractivity contribution in [3.05, 3.63) is 0 Å². The molecule has 11 nitrogen and oxygen atoms in total. The monoisotopic (exact) mass is 781 g/mol. The van der Waals surface area contributed by atoms with Gasteiger partial charge < -0.3 is 48.1 Å². The highest BCUT2D eigenvalue weighted by Crippen LogP contribution is 2.57. The van der Waals surface area contributed by atoms with E-state index in [1.54, 1.807) is 7.11 Å². The predicted molar refractivity (Wildman–Crippen MR) is 207 cm³/mol. The van der Waals surface area contributed by atoms with Crippen LogP contribution in [0.25, 0.3) is 0 Å². The summed E-state index contributed by atoms with van der Waals surface area (Å²) in [5, 5.41) is 21.0. The Labute approximate surface area is 331 Å². The van der Waals surface area contributed by atoms with E-state index in [2.05, 4.69) is 55.4 Å². The van der Waals surface area contributed by atoms with E-state index in [1.807, 2.05) is 20.8 Å². The molecule has 0 aromatic rings. The van der Waals surface area contributed by atoms with E-state index < -0.39 is 29.4 Å². The Bertz CT molecular complexity index is 1310. The molecule has 318 valence electrons. The zero-order valence-corrected chi connectivity index (χ0v) is 36.1. The number of aliphatic hydroxyl groups is 2. The summed E-state index contributed by atoms with van der Waals surface area (Å²) >= 11 is 0. The van der Waals surface area contributed by atoms with E-state index in [4.69, 9.17) is 37.9 Å². The molecule has 0 aromatic heterocycles. The van der Waals surface area contributed by atoms with Gasteiger partial charge in [-0.05, 0) is 76.5 Å². The molecule has 1 unspecified atom stereocenters. The standard InChI is InChI=1S/C44H76O11/c1-24(2)40(46)49-22-28(6)37-25(3)13-14-32(50-37)19-33-20-34(48-12)31(9)44(52-33)30(8)21-42(11,55-44)36-15-16-41(10,53-36)39-27(5)18-35(51-39)38-26(4)17-29(7)43(47,23-45)54-38/h24-39,45,47H,13-23H2,1-12H3/t25-,26-,27-,28-,29+,30+,31+,32+,33+,34+,35+,36+,37+,38-,39+,41-,42-,43-,44?/m0/s1. The maximum Gasteiger partial charge on any atom is 0.308 e. The Kier molecular flexibility index (Phi) is 13.2. The van der Waals surface area contributed by atoms with Gasteiger partial charge in [0.25, 0.3) is 0 Å². The Balaban J connectivity index is 1.11. The molecule has 6 saturated heterocycles. The van der Waals surface area contributed by atoms with Gasteiger partial charge in [-0.15, -0.1) is 0 Å². The fourth-order valence-corrected chi connectivity index (χ4v) is 11.7. The first-order chi connectivity index (χ1) is 25.8. The highest BCUT2D eigenvalue weighted by molar-refractivity contribution is 5.71. The highest BCUT2D eigenvalue weighted by Gasteiger charge is 2.65. The van der Waals surface area contributed by atoms with Crippen LogP contribution >= 0.6 is 0 Å². The van der Waals surface area contributed by atoms with Gasteiger partial charge in [0.15, 0.2) is 11.6 Å². The van der Waals surface area contributed by atoms with E-state index in [-0.39, 0.29) is 96.2 Å². The maximum absolute atomic E-state index is 12.2. The van der Waals surface area contributed by atoms with Crippen LogP contribution in [0, 0.1) is 47.3 Å². The van der Waals surface area contributed by atoms with Crippen molar-refractivity contribution < 1.29 is 52.9 Å². The topological polar surface area (TPSA) is 131 Å². The quantitative estimate of drug-likeness (QED) is 0.214. The summed E-state index contributed by atoms with van der Waals surface area (Å²) < 4.78 is 53.3. The summed E-state index contributed by atoms with van der Waals surface area (Å²) in [6.45, 7) is 23.2. The third-order valence-corrected chi connectivity index (χ3v) is 15.1. The lowest BCUT2D eigenvalue weighted by molar-refractivity contribution is -0.353. The number of methoxy groups -OCH3 is 1. The highest BCUT2D eigenvalue weighted by atomic mass is 16.7. The molecule has 6 fully saturated rings. The fourth-order valence-electron chi connectivity index (χ4n) is 11.7. The van der Waals surface area contributed by atoms with Crippen molar-refractivity contribution in [3.63, 3.8) is 0 Å². The maximum atomic E-state index is 12.2. The van der Waals surface area contributed by atoms with Crippen molar-refractivity contribution >= 4 is 5.97 Å². The van der Waals surface area contributed by atoms with Gasteiger partial charge in [-0.1, -0.05) is 62.3 Å². The van der Waals surface area contributed by atoms with Crippen LogP contribution in [-0.4, -0.2) is 108 Å². The third kappa shape index (κ3) is 8.45. The van der Waals surface area contributed by atoms with Crippen LogP contribution in [0.3, 0.4) is 0 Å². The van der Waals surface area contributed by atoms with Gasteiger partial charge in [-0.25, -0.2) is 0 Å². The summed E-state index contributed by atoms with van der Waals surface area (Å²) in [6, 6.07) is 0. The van der Waals surface area contributed by atoms with Gasteiger partial charge in [0, 0.05) is 43.6 Å². The molecule has 6 rings (SSSR count). The minimum Gasteiger partial charge on any atom is -0.465 e. The number of esters is 1. The van der Waals surface area contributed by atoms with Crippen molar-refractivity contribution in [1.82, 2.24) is 0 Å². The van der Waals surface area contributed by atoms with Crippen LogP contribution in [-0.2, 0) is 42.7 Å². The van der Waals surface area contributed by atoms with E-state index in [0.717, 1.165) is 57.8 Å². The van der Waals surface area contributed by atoms with Crippen molar-refractivity contribution in [1.29, 1.82) is 0 Å². The first-order valence-corrected chi connectivity index (χ1v) is 21.8. The predicted octanol–water partition coefficient (Wildman–Crippen LogP) is 6.82. The largest absolute Gasteiger partial charge is 0.465 e.